The van der Waals surface area contributed by atoms with E-state index in [-0.39, 0.29) is 29.6 Å². The Morgan fingerprint density at radius 2 is 1.96 bits per heavy atom. The number of methoxy groups -OCH3 is 1. The van der Waals surface area contributed by atoms with E-state index in [9.17, 15) is 14.7 Å². The number of ether oxygens (including phenoxy) is 1. The standard InChI is InChI=1S/C18H15NO4/c1-23-17-9-12-11(8-16(17)21)7-15(20)14-6-10-4-2-3-5-13(10)19(14)18(12)22/h2-5,8-9,14,21H,6-7H2,1H3/t14-/m0/s1. The summed E-state index contributed by atoms with van der Waals surface area (Å²) in [6, 6.07) is 10.1. The predicted octanol–water partition coefficient (Wildman–Crippen LogP) is 2.10. The fourth-order valence-corrected chi connectivity index (χ4v) is 3.45. The molecular weight excluding hydrogens is 294 g/mol. The lowest BCUT2D eigenvalue weighted by molar-refractivity contribution is -0.119. The number of phenolic OH excluding ortho intramolecular Hbond substituents is 1. The Bertz CT molecular complexity index is 843. The highest BCUT2D eigenvalue weighted by atomic mass is 16.5. The van der Waals surface area contributed by atoms with Crippen molar-refractivity contribution in [3.05, 3.63) is 53.1 Å². The number of amides is 1. The van der Waals surface area contributed by atoms with Crippen molar-refractivity contribution in [2.45, 2.75) is 18.9 Å². The number of rotatable bonds is 1. The van der Waals surface area contributed by atoms with E-state index in [1.807, 2.05) is 24.3 Å². The number of ketones is 1. The molecule has 1 amide bonds. The lowest BCUT2D eigenvalue weighted by Gasteiger charge is -2.22. The summed E-state index contributed by atoms with van der Waals surface area (Å²) in [7, 11) is 1.43. The molecule has 5 nitrogen and oxygen atoms in total. The van der Waals surface area contributed by atoms with Gasteiger partial charge in [-0.2, -0.15) is 0 Å². The van der Waals surface area contributed by atoms with Crippen molar-refractivity contribution in [1.82, 2.24) is 0 Å². The first-order chi connectivity index (χ1) is 11.1. The molecule has 0 saturated heterocycles. The number of Topliss-reactive ketones (excluding diaryl/α,β-unsaturated/α-hetero) is 1. The molecule has 23 heavy (non-hydrogen) atoms. The lowest BCUT2D eigenvalue weighted by atomic mass is 9.98. The zero-order chi connectivity index (χ0) is 16.1. The fraction of sp³-hybridized carbons (Fsp3) is 0.222. The van der Waals surface area contributed by atoms with Crippen molar-refractivity contribution in [1.29, 1.82) is 0 Å². The quantitative estimate of drug-likeness (QED) is 0.876. The number of carbonyl (C=O) groups is 2. The third kappa shape index (κ3) is 1.93. The molecule has 2 aliphatic rings. The van der Waals surface area contributed by atoms with Gasteiger partial charge in [0.25, 0.3) is 5.91 Å². The molecule has 116 valence electrons. The van der Waals surface area contributed by atoms with Gasteiger partial charge in [0.15, 0.2) is 17.3 Å². The summed E-state index contributed by atoms with van der Waals surface area (Å²) < 4.78 is 5.10. The molecule has 4 rings (SSSR count). The van der Waals surface area contributed by atoms with Gasteiger partial charge in [-0.15, -0.1) is 0 Å². The monoisotopic (exact) mass is 309 g/mol. The average molecular weight is 309 g/mol. The molecule has 0 aliphatic carbocycles. The van der Waals surface area contributed by atoms with Gasteiger partial charge < -0.3 is 9.84 Å². The van der Waals surface area contributed by atoms with Crippen LogP contribution in [0.5, 0.6) is 11.5 Å². The smallest absolute Gasteiger partial charge is 0.259 e. The third-order valence-corrected chi connectivity index (χ3v) is 4.57. The number of fused-ring (bicyclic) bond motifs is 4. The molecule has 2 aromatic rings. The Morgan fingerprint density at radius 3 is 2.74 bits per heavy atom. The van der Waals surface area contributed by atoms with Crippen molar-refractivity contribution >= 4 is 17.4 Å². The van der Waals surface area contributed by atoms with E-state index >= 15 is 0 Å². The number of anilines is 1. The maximum absolute atomic E-state index is 13.0. The van der Waals surface area contributed by atoms with E-state index in [1.54, 1.807) is 4.90 Å². The molecule has 2 aromatic carbocycles. The fourth-order valence-electron chi connectivity index (χ4n) is 3.45. The van der Waals surface area contributed by atoms with Crippen molar-refractivity contribution < 1.29 is 19.4 Å². The number of hydrogen-bond acceptors (Lipinski definition) is 4. The van der Waals surface area contributed by atoms with Crippen LogP contribution in [0.15, 0.2) is 36.4 Å². The number of benzene rings is 2. The highest BCUT2D eigenvalue weighted by Crippen LogP contribution is 2.39. The van der Waals surface area contributed by atoms with E-state index in [2.05, 4.69) is 0 Å². The topological polar surface area (TPSA) is 66.8 Å². The van der Waals surface area contributed by atoms with Gasteiger partial charge in [0, 0.05) is 24.1 Å². The SMILES string of the molecule is COc1cc2c(cc1O)CC(=O)[C@@H]1Cc3ccccc3N1C2=O. The van der Waals surface area contributed by atoms with Crippen molar-refractivity contribution in [2.24, 2.45) is 0 Å². The normalized spacial score (nSPS) is 19.0. The molecule has 0 bridgehead atoms. The van der Waals surface area contributed by atoms with Crippen LogP contribution in [0.2, 0.25) is 0 Å². The van der Waals surface area contributed by atoms with Crippen molar-refractivity contribution in [3.63, 3.8) is 0 Å². The second-order valence-corrected chi connectivity index (χ2v) is 5.85. The molecule has 0 aromatic heterocycles. The van der Waals surface area contributed by atoms with Gasteiger partial charge in [0.05, 0.1) is 7.11 Å². The Kier molecular flexibility index (Phi) is 2.91. The van der Waals surface area contributed by atoms with Gasteiger partial charge in [0.2, 0.25) is 0 Å². The zero-order valence-corrected chi connectivity index (χ0v) is 12.6. The van der Waals surface area contributed by atoms with Crippen molar-refractivity contribution in [3.8, 4) is 11.5 Å². The molecule has 1 atom stereocenters. The summed E-state index contributed by atoms with van der Waals surface area (Å²) in [4.78, 5) is 27.3. The summed E-state index contributed by atoms with van der Waals surface area (Å²) in [5.74, 6) is -0.0678. The van der Waals surface area contributed by atoms with Crippen LogP contribution >= 0.6 is 0 Å². The van der Waals surface area contributed by atoms with Crippen LogP contribution in [0.4, 0.5) is 5.69 Å². The second kappa shape index (κ2) is 4.84. The number of aromatic hydroxyl groups is 1. The molecule has 0 spiro atoms. The number of carbonyl (C=O) groups excluding carboxylic acids is 2. The summed E-state index contributed by atoms with van der Waals surface area (Å²) in [5.41, 5.74) is 2.75. The van der Waals surface area contributed by atoms with Gasteiger partial charge in [-0.05, 0) is 29.3 Å². The Balaban J connectivity index is 1.90. The number of hydrogen-bond donors (Lipinski definition) is 1. The number of para-hydroxylation sites is 1. The van der Waals surface area contributed by atoms with Gasteiger partial charge in [0.1, 0.15) is 6.04 Å². The van der Waals surface area contributed by atoms with Crippen LogP contribution in [-0.4, -0.2) is 29.9 Å². The van der Waals surface area contributed by atoms with Gasteiger partial charge >= 0.3 is 0 Å². The van der Waals surface area contributed by atoms with E-state index in [0.29, 0.717) is 17.5 Å². The van der Waals surface area contributed by atoms with Crippen LogP contribution in [0.3, 0.4) is 0 Å². The molecule has 5 heteroatoms. The summed E-state index contributed by atoms with van der Waals surface area (Å²) in [6.45, 7) is 0. The maximum Gasteiger partial charge on any atom is 0.259 e. The maximum atomic E-state index is 13.0. The molecule has 0 radical (unpaired) electrons. The first kappa shape index (κ1) is 13.8. The van der Waals surface area contributed by atoms with E-state index in [4.69, 9.17) is 4.74 Å². The Labute approximate surface area is 133 Å². The van der Waals surface area contributed by atoms with Crippen LogP contribution in [0.25, 0.3) is 0 Å². The first-order valence-corrected chi connectivity index (χ1v) is 7.44. The largest absolute Gasteiger partial charge is 0.504 e. The molecule has 0 unspecified atom stereocenters. The van der Waals surface area contributed by atoms with Gasteiger partial charge in [-0.3, -0.25) is 14.5 Å². The minimum Gasteiger partial charge on any atom is -0.504 e. The highest BCUT2D eigenvalue weighted by Gasteiger charge is 2.41. The molecule has 2 heterocycles. The van der Waals surface area contributed by atoms with Crippen LogP contribution in [-0.2, 0) is 17.6 Å². The van der Waals surface area contributed by atoms with Crippen LogP contribution in [0.1, 0.15) is 21.5 Å². The summed E-state index contributed by atoms with van der Waals surface area (Å²) in [5, 5.41) is 9.93. The molecular formula is C18H15NO4. The number of phenols is 1. The van der Waals surface area contributed by atoms with Crippen LogP contribution in [0, 0.1) is 0 Å². The minimum absolute atomic E-state index is 0.0159. The highest BCUT2D eigenvalue weighted by molar-refractivity contribution is 6.15. The predicted molar refractivity (Wildman–Crippen MR) is 84.1 cm³/mol. The Hall–Kier alpha value is -2.82. The summed E-state index contributed by atoms with van der Waals surface area (Å²) >= 11 is 0. The molecule has 0 fully saturated rings. The zero-order valence-electron chi connectivity index (χ0n) is 12.6. The molecule has 2 aliphatic heterocycles. The van der Waals surface area contributed by atoms with E-state index in [1.165, 1.54) is 19.2 Å². The van der Waals surface area contributed by atoms with E-state index < -0.39 is 6.04 Å². The number of nitrogens with zero attached hydrogens (tertiary/aromatic N) is 1. The second-order valence-electron chi connectivity index (χ2n) is 5.85. The van der Waals surface area contributed by atoms with Gasteiger partial charge in [-0.25, -0.2) is 0 Å². The summed E-state index contributed by atoms with van der Waals surface area (Å²) in [6.07, 6.45) is 0.672. The third-order valence-electron chi connectivity index (χ3n) is 4.57. The Morgan fingerprint density at radius 1 is 1.17 bits per heavy atom. The first-order valence-electron chi connectivity index (χ1n) is 7.44. The molecule has 1 N–H and O–H groups in total. The van der Waals surface area contributed by atoms with Crippen molar-refractivity contribution in [2.75, 3.05) is 12.0 Å². The minimum atomic E-state index is -0.472. The molecule has 0 saturated carbocycles. The van der Waals surface area contributed by atoms with E-state index in [0.717, 1.165) is 11.3 Å². The lowest BCUT2D eigenvalue weighted by Crippen LogP contribution is -2.41. The van der Waals surface area contributed by atoms with Crippen LogP contribution < -0.4 is 9.64 Å². The van der Waals surface area contributed by atoms with Gasteiger partial charge in [-0.1, -0.05) is 18.2 Å². The average Bonchev–Trinajstić information content (AvgIpc) is 2.90.